The van der Waals surface area contributed by atoms with Crippen LogP contribution in [-0.2, 0) is 11.8 Å². The molecular weight excluding hydrogens is 218 g/mol. The monoisotopic (exact) mass is 237 g/mol. The molecule has 1 aromatic heterocycles. The van der Waals surface area contributed by atoms with Gasteiger partial charge < -0.3 is 0 Å². The second-order valence-electron chi connectivity index (χ2n) is 5.65. The lowest BCUT2D eigenvalue weighted by Gasteiger charge is -2.24. The minimum absolute atomic E-state index is 0.0776. The zero-order valence-corrected chi connectivity index (χ0v) is 11.5. The van der Waals surface area contributed by atoms with Gasteiger partial charge in [0.1, 0.15) is 0 Å². The molecule has 1 heterocycles. The van der Waals surface area contributed by atoms with Crippen molar-refractivity contribution in [1.82, 2.24) is 4.98 Å². The van der Waals surface area contributed by atoms with E-state index >= 15 is 0 Å². The van der Waals surface area contributed by atoms with Crippen LogP contribution in [0.2, 0.25) is 0 Å². The number of rotatable bonds is 1. The molecule has 1 nitrogen and oxygen atoms in total. The number of hydrogen-bond donors (Lipinski definition) is 0. The Bertz CT molecular complexity index is 624. The zero-order valence-electron chi connectivity index (χ0n) is 11.5. The van der Waals surface area contributed by atoms with Crippen LogP contribution < -0.4 is 0 Å². The van der Waals surface area contributed by atoms with Crippen molar-refractivity contribution in [3.05, 3.63) is 52.7 Å². The summed E-state index contributed by atoms with van der Waals surface area (Å²) in [5, 5.41) is 0. The Morgan fingerprint density at radius 3 is 2.67 bits per heavy atom. The molecule has 1 aromatic carbocycles. The number of hydrogen-bond acceptors (Lipinski definition) is 1. The third kappa shape index (κ3) is 1.30. The summed E-state index contributed by atoms with van der Waals surface area (Å²) in [6.45, 7) is 9.10. The van der Waals surface area contributed by atoms with E-state index in [9.17, 15) is 0 Å². The van der Waals surface area contributed by atoms with E-state index in [-0.39, 0.29) is 5.41 Å². The summed E-state index contributed by atoms with van der Waals surface area (Å²) in [6.07, 6.45) is 2.99. The van der Waals surface area contributed by atoms with Crippen LogP contribution in [0.5, 0.6) is 0 Å². The second-order valence-corrected chi connectivity index (χ2v) is 5.65. The fraction of sp³-hybridized carbons (Fsp3) is 0.353. The van der Waals surface area contributed by atoms with E-state index in [1.807, 2.05) is 12.3 Å². The number of aryl methyl sites for hydroxylation is 1. The van der Waals surface area contributed by atoms with Gasteiger partial charge in [-0.1, -0.05) is 39.0 Å². The summed E-state index contributed by atoms with van der Waals surface area (Å²) in [6, 6.07) is 8.77. The lowest BCUT2D eigenvalue weighted by atomic mass is 9.79. The third-order valence-corrected chi connectivity index (χ3v) is 4.32. The van der Waals surface area contributed by atoms with Crippen LogP contribution >= 0.6 is 0 Å². The Balaban J connectivity index is 2.38. The summed E-state index contributed by atoms with van der Waals surface area (Å²) >= 11 is 0. The molecule has 0 aliphatic heterocycles. The second kappa shape index (κ2) is 3.68. The quantitative estimate of drug-likeness (QED) is 0.722. The van der Waals surface area contributed by atoms with Gasteiger partial charge in [-0.3, -0.25) is 4.98 Å². The first kappa shape index (κ1) is 11.5. The molecule has 3 rings (SSSR count). The van der Waals surface area contributed by atoms with Gasteiger partial charge >= 0.3 is 0 Å². The minimum atomic E-state index is 0.0776. The maximum Gasteiger partial charge on any atom is 0.0745 e. The van der Waals surface area contributed by atoms with E-state index in [0.29, 0.717) is 0 Å². The van der Waals surface area contributed by atoms with Crippen LogP contribution in [0.25, 0.3) is 11.3 Å². The topological polar surface area (TPSA) is 12.9 Å². The molecule has 18 heavy (non-hydrogen) atoms. The standard InChI is InChI=1S/C17H19N/c1-5-12-8-9-13-15(11(12)2)17(3,4)14-7-6-10-18-16(13)14/h6-10H,5H2,1-4H3. The average Bonchev–Trinajstić information content (AvgIpc) is 2.60. The predicted molar refractivity (Wildman–Crippen MR) is 75.9 cm³/mol. The van der Waals surface area contributed by atoms with Crippen molar-refractivity contribution >= 4 is 0 Å². The Morgan fingerprint density at radius 2 is 1.94 bits per heavy atom. The van der Waals surface area contributed by atoms with Crippen LogP contribution in [0, 0.1) is 6.92 Å². The summed E-state index contributed by atoms with van der Waals surface area (Å²) < 4.78 is 0. The van der Waals surface area contributed by atoms with E-state index in [2.05, 4.69) is 50.9 Å². The number of nitrogens with zero attached hydrogens (tertiary/aromatic N) is 1. The van der Waals surface area contributed by atoms with Crippen LogP contribution in [0.1, 0.15) is 43.0 Å². The molecule has 0 N–H and O–H groups in total. The van der Waals surface area contributed by atoms with Crippen molar-refractivity contribution in [1.29, 1.82) is 0 Å². The molecule has 0 saturated carbocycles. The van der Waals surface area contributed by atoms with Gasteiger partial charge in [0.15, 0.2) is 0 Å². The highest BCUT2D eigenvalue weighted by Crippen LogP contribution is 2.49. The molecule has 2 aromatic rings. The SMILES string of the molecule is CCc1ccc2c(c1C)C(C)(C)c1cccnc1-2. The number of aromatic nitrogens is 1. The highest BCUT2D eigenvalue weighted by atomic mass is 14.7. The molecule has 0 atom stereocenters. The summed E-state index contributed by atoms with van der Waals surface area (Å²) in [5.41, 5.74) is 8.29. The normalized spacial score (nSPS) is 15.3. The first-order chi connectivity index (χ1) is 8.57. The molecule has 0 spiro atoms. The molecule has 0 radical (unpaired) electrons. The van der Waals surface area contributed by atoms with Gasteiger partial charge in [-0.15, -0.1) is 0 Å². The summed E-state index contributed by atoms with van der Waals surface area (Å²) in [5.74, 6) is 0. The smallest absolute Gasteiger partial charge is 0.0745 e. The fourth-order valence-electron chi connectivity index (χ4n) is 3.40. The Labute approximate surface area is 109 Å². The molecule has 1 aliphatic carbocycles. The zero-order chi connectivity index (χ0) is 12.9. The first-order valence-corrected chi connectivity index (χ1v) is 6.66. The van der Waals surface area contributed by atoms with Crippen LogP contribution in [0.3, 0.4) is 0 Å². The van der Waals surface area contributed by atoms with Crippen molar-refractivity contribution in [2.75, 3.05) is 0 Å². The van der Waals surface area contributed by atoms with E-state index in [1.54, 1.807) is 0 Å². The van der Waals surface area contributed by atoms with E-state index in [1.165, 1.54) is 33.5 Å². The number of fused-ring (bicyclic) bond motifs is 3. The van der Waals surface area contributed by atoms with Crippen molar-refractivity contribution in [2.45, 2.75) is 39.5 Å². The molecule has 0 saturated heterocycles. The molecule has 1 heteroatoms. The van der Waals surface area contributed by atoms with Gasteiger partial charge in [-0.25, -0.2) is 0 Å². The molecule has 92 valence electrons. The average molecular weight is 237 g/mol. The van der Waals surface area contributed by atoms with Gasteiger partial charge in [-0.05, 0) is 41.7 Å². The molecule has 0 fully saturated rings. The largest absolute Gasteiger partial charge is 0.256 e. The Morgan fingerprint density at radius 1 is 1.17 bits per heavy atom. The van der Waals surface area contributed by atoms with Crippen LogP contribution in [0.4, 0.5) is 0 Å². The summed E-state index contributed by atoms with van der Waals surface area (Å²) in [7, 11) is 0. The van der Waals surface area contributed by atoms with E-state index < -0.39 is 0 Å². The van der Waals surface area contributed by atoms with E-state index in [0.717, 1.165) is 6.42 Å². The predicted octanol–water partition coefficient (Wildman–Crippen LogP) is 4.26. The van der Waals surface area contributed by atoms with Crippen molar-refractivity contribution in [3.8, 4) is 11.3 Å². The first-order valence-electron chi connectivity index (χ1n) is 6.66. The van der Waals surface area contributed by atoms with E-state index in [4.69, 9.17) is 0 Å². The van der Waals surface area contributed by atoms with Gasteiger partial charge in [0.25, 0.3) is 0 Å². The lowest BCUT2D eigenvalue weighted by Crippen LogP contribution is -2.17. The van der Waals surface area contributed by atoms with Crippen molar-refractivity contribution in [3.63, 3.8) is 0 Å². The number of benzene rings is 1. The lowest BCUT2D eigenvalue weighted by molar-refractivity contribution is 0.653. The molecule has 0 bridgehead atoms. The van der Waals surface area contributed by atoms with Crippen LogP contribution in [-0.4, -0.2) is 4.98 Å². The van der Waals surface area contributed by atoms with Gasteiger partial charge in [0.05, 0.1) is 5.69 Å². The highest BCUT2D eigenvalue weighted by Gasteiger charge is 2.37. The minimum Gasteiger partial charge on any atom is -0.256 e. The van der Waals surface area contributed by atoms with Crippen molar-refractivity contribution in [2.24, 2.45) is 0 Å². The van der Waals surface area contributed by atoms with Crippen LogP contribution in [0.15, 0.2) is 30.5 Å². The maximum atomic E-state index is 4.59. The molecule has 1 aliphatic rings. The highest BCUT2D eigenvalue weighted by molar-refractivity contribution is 5.79. The molecule has 0 amide bonds. The summed E-state index contributed by atoms with van der Waals surface area (Å²) in [4.78, 5) is 4.59. The maximum absolute atomic E-state index is 4.59. The molecule has 0 unspecified atom stereocenters. The molecular formula is C17H19N. The third-order valence-electron chi connectivity index (χ3n) is 4.32. The van der Waals surface area contributed by atoms with Gasteiger partial charge in [-0.2, -0.15) is 0 Å². The van der Waals surface area contributed by atoms with Gasteiger partial charge in [0, 0.05) is 17.2 Å². The number of pyridine rings is 1. The van der Waals surface area contributed by atoms with Crippen molar-refractivity contribution < 1.29 is 0 Å². The Hall–Kier alpha value is -1.63. The van der Waals surface area contributed by atoms with Gasteiger partial charge in [0.2, 0.25) is 0 Å². The fourth-order valence-corrected chi connectivity index (χ4v) is 3.40. The Kier molecular flexibility index (Phi) is 2.34.